The maximum Gasteiger partial charge on any atom is 0.241 e. The van der Waals surface area contributed by atoms with Gasteiger partial charge in [0.25, 0.3) is 0 Å². The Balaban J connectivity index is 2.01. The fourth-order valence-electron chi connectivity index (χ4n) is 3.49. The van der Waals surface area contributed by atoms with Gasteiger partial charge in [-0.25, -0.2) is 12.8 Å². The fraction of sp³-hybridized carbons (Fsp3) is 0.240. The van der Waals surface area contributed by atoms with Crippen molar-refractivity contribution in [3.63, 3.8) is 0 Å². The summed E-state index contributed by atoms with van der Waals surface area (Å²) in [4.78, 5) is 15.5. The van der Waals surface area contributed by atoms with Gasteiger partial charge in [0.2, 0.25) is 10.0 Å². The molecule has 0 aliphatic carbocycles. The molecule has 168 valence electrons. The van der Waals surface area contributed by atoms with Gasteiger partial charge in [-0.3, -0.25) is 4.79 Å². The summed E-state index contributed by atoms with van der Waals surface area (Å²) in [5.41, 5.74) is 2.46. The number of benzene rings is 3. The van der Waals surface area contributed by atoms with E-state index in [0.717, 1.165) is 30.4 Å². The van der Waals surface area contributed by atoms with Crippen molar-refractivity contribution in [1.29, 1.82) is 0 Å². The molecule has 1 atom stereocenters. The van der Waals surface area contributed by atoms with Crippen LogP contribution in [0.2, 0.25) is 0 Å². The monoisotopic (exact) mass is 454 g/mol. The lowest BCUT2D eigenvalue weighted by molar-refractivity contribution is 0.0953. The number of aryl methyl sites for hydroxylation is 1. The van der Waals surface area contributed by atoms with Crippen LogP contribution in [0, 0.1) is 12.7 Å². The minimum Gasteiger partial charge on any atom is -0.372 e. The van der Waals surface area contributed by atoms with E-state index >= 15 is 0 Å². The van der Waals surface area contributed by atoms with E-state index in [1.807, 2.05) is 32.9 Å². The van der Waals surface area contributed by atoms with Crippen LogP contribution < -0.4 is 9.62 Å². The lowest BCUT2D eigenvalue weighted by Gasteiger charge is -2.23. The van der Waals surface area contributed by atoms with E-state index in [9.17, 15) is 17.6 Å². The van der Waals surface area contributed by atoms with Crippen molar-refractivity contribution in [2.75, 3.05) is 18.0 Å². The van der Waals surface area contributed by atoms with E-state index in [1.54, 1.807) is 24.3 Å². The predicted octanol–water partition coefficient (Wildman–Crippen LogP) is 4.88. The number of nitrogens with zero attached hydrogens (tertiary/aromatic N) is 1. The smallest absolute Gasteiger partial charge is 0.241 e. The number of halogens is 1. The first-order valence-corrected chi connectivity index (χ1v) is 12.0. The molecule has 0 aliphatic rings. The number of ketones is 1. The van der Waals surface area contributed by atoms with Crippen molar-refractivity contribution >= 4 is 21.5 Å². The SMILES string of the molecule is CCN(CC)c1ccc(C(NS(=O)(=O)c2ccc(C)cc2)C(=O)c2cccc(F)c2)cc1. The molecule has 32 heavy (non-hydrogen) atoms. The minimum atomic E-state index is -4.00. The van der Waals surface area contributed by atoms with Crippen LogP contribution in [0.15, 0.2) is 77.7 Å². The van der Waals surface area contributed by atoms with Crippen molar-refractivity contribution in [1.82, 2.24) is 4.72 Å². The van der Waals surface area contributed by atoms with Crippen LogP contribution in [0.5, 0.6) is 0 Å². The molecule has 0 aromatic heterocycles. The number of hydrogen-bond acceptors (Lipinski definition) is 4. The molecule has 3 aromatic rings. The summed E-state index contributed by atoms with van der Waals surface area (Å²) < 4.78 is 42.4. The number of nitrogens with one attached hydrogen (secondary N) is 1. The van der Waals surface area contributed by atoms with Crippen LogP contribution in [-0.4, -0.2) is 27.3 Å². The molecule has 0 radical (unpaired) electrons. The van der Waals surface area contributed by atoms with Crippen LogP contribution in [0.4, 0.5) is 10.1 Å². The first-order valence-electron chi connectivity index (χ1n) is 10.5. The zero-order valence-corrected chi connectivity index (χ0v) is 19.2. The van der Waals surface area contributed by atoms with E-state index in [-0.39, 0.29) is 10.5 Å². The lowest BCUT2D eigenvalue weighted by Crippen LogP contribution is -2.34. The Bertz CT molecular complexity index is 1170. The minimum absolute atomic E-state index is 0.0555. The lowest BCUT2D eigenvalue weighted by atomic mass is 9.98. The second-order valence-corrected chi connectivity index (χ2v) is 9.22. The molecule has 7 heteroatoms. The van der Waals surface area contributed by atoms with Gasteiger partial charge in [-0.05, 0) is 62.7 Å². The molecule has 0 spiro atoms. The summed E-state index contributed by atoms with van der Waals surface area (Å²) >= 11 is 0. The van der Waals surface area contributed by atoms with Crippen molar-refractivity contribution in [2.24, 2.45) is 0 Å². The van der Waals surface area contributed by atoms with Gasteiger partial charge in [-0.2, -0.15) is 4.72 Å². The molecule has 3 aromatic carbocycles. The standard InChI is InChI=1S/C25H27FN2O3S/c1-4-28(5-2)22-13-11-19(12-14-22)24(25(29)20-7-6-8-21(26)17-20)27-32(30,31)23-15-9-18(3)10-16-23/h6-17,24,27H,4-5H2,1-3H3. The molecule has 3 rings (SSSR count). The Kier molecular flexibility index (Phi) is 7.43. The van der Waals surface area contributed by atoms with Crippen molar-refractivity contribution in [3.05, 3.63) is 95.3 Å². The molecule has 0 saturated carbocycles. The summed E-state index contributed by atoms with van der Waals surface area (Å²) in [5, 5.41) is 0. The van der Waals surface area contributed by atoms with Gasteiger partial charge in [-0.15, -0.1) is 0 Å². The van der Waals surface area contributed by atoms with Crippen molar-refractivity contribution in [2.45, 2.75) is 31.7 Å². The number of hydrogen-bond donors (Lipinski definition) is 1. The first-order chi connectivity index (χ1) is 15.2. The highest BCUT2D eigenvalue weighted by Crippen LogP contribution is 2.25. The number of sulfonamides is 1. The van der Waals surface area contributed by atoms with Crippen molar-refractivity contribution < 1.29 is 17.6 Å². The van der Waals surface area contributed by atoms with Gasteiger partial charge < -0.3 is 4.90 Å². The molecule has 0 bridgehead atoms. The zero-order chi connectivity index (χ0) is 23.3. The van der Waals surface area contributed by atoms with Gasteiger partial charge in [0.15, 0.2) is 5.78 Å². The molecule has 5 nitrogen and oxygen atoms in total. The quantitative estimate of drug-likeness (QED) is 0.468. The van der Waals surface area contributed by atoms with Gasteiger partial charge in [0.05, 0.1) is 4.90 Å². The molecule has 0 saturated heterocycles. The van der Waals surface area contributed by atoms with Crippen molar-refractivity contribution in [3.8, 4) is 0 Å². The summed E-state index contributed by atoms with van der Waals surface area (Å²) in [6, 6.07) is 17.6. The second-order valence-electron chi connectivity index (χ2n) is 7.51. The Morgan fingerprint density at radius 1 is 0.969 bits per heavy atom. The summed E-state index contributed by atoms with van der Waals surface area (Å²) in [5.74, 6) is -1.09. The first kappa shape index (κ1) is 23.6. The Labute approximate surface area is 188 Å². The highest BCUT2D eigenvalue weighted by Gasteiger charge is 2.28. The molecule has 0 aliphatic heterocycles. The predicted molar refractivity (Wildman–Crippen MR) is 125 cm³/mol. The van der Waals surface area contributed by atoms with Crippen LogP contribution in [0.25, 0.3) is 0 Å². The summed E-state index contributed by atoms with van der Waals surface area (Å²) in [6.45, 7) is 7.59. The Hall–Kier alpha value is -3.03. The number of rotatable bonds is 9. The van der Waals surface area contributed by atoms with E-state index < -0.39 is 27.7 Å². The highest BCUT2D eigenvalue weighted by atomic mass is 32.2. The third-order valence-corrected chi connectivity index (χ3v) is 6.77. The van der Waals surface area contributed by atoms with Crippen LogP contribution in [0.1, 0.15) is 41.4 Å². The van der Waals surface area contributed by atoms with Gasteiger partial charge in [0.1, 0.15) is 11.9 Å². The average Bonchev–Trinajstić information content (AvgIpc) is 2.79. The van der Waals surface area contributed by atoms with E-state index in [1.165, 1.54) is 30.3 Å². The normalized spacial score (nSPS) is 12.4. The maximum absolute atomic E-state index is 13.8. The van der Waals surface area contributed by atoms with Crippen LogP contribution >= 0.6 is 0 Å². The molecule has 1 unspecified atom stereocenters. The topological polar surface area (TPSA) is 66.5 Å². The average molecular weight is 455 g/mol. The van der Waals surface area contributed by atoms with Gasteiger partial charge in [0, 0.05) is 24.3 Å². The molecule has 0 fully saturated rings. The van der Waals surface area contributed by atoms with E-state index in [0.29, 0.717) is 5.56 Å². The molecule has 0 heterocycles. The number of Topliss-reactive ketones (excluding diaryl/α,β-unsaturated/α-hetero) is 1. The largest absolute Gasteiger partial charge is 0.372 e. The third kappa shape index (κ3) is 5.41. The van der Waals surface area contributed by atoms with Crippen LogP contribution in [0.3, 0.4) is 0 Å². The van der Waals surface area contributed by atoms with E-state index in [2.05, 4.69) is 9.62 Å². The fourth-order valence-corrected chi connectivity index (χ4v) is 4.67. The molecular formula is C25H27FN2O3S. The summed E-state index contributed by atoms with van der Waals surface area (Å²) in [7, 11) is -4.00. The molecule has 0 amide bonds. The third-order valence-electron chi connectivity index (χ3n) is 5.33. The summed E-state index contributed by atoms with van der Waals surface area (Å²) in [6.07, 6.45) is 0. The number of carbonyl (C=O) groups excluding carboxylic acids is 1. The second kappa shape index (κ2) is 10.1. The number of carbonyl (C=O) groups is 1. The van der Waals surface area contributed by atoms with E-state index in [4.69, 9.17) is 0 Å². The number of anilines is 1. The van der Waals surface area contributed by atoms with Gasteiger partial charge >= 0.3 is 0 Å². The van der Waals surface area contributed by atoms with Gasteiger partial charge in [-0.1, -0.05) is 42.0 Å². The maximum atomic E-state index is 13.8. The Morgan fingerprint density at radius 3 is 2.16 bits per heavy atom. The molecule has 1 N–H and O–H groups in total. The van der Waals surface area contributed by atoms with Crippen LogP contribution in [-0.2, 0) is 10.0 Å². The zero-order valence-electron chi connectivity index (χ0n) is 18.4. The highest BCUT2D eigenvalue weighted by molar-refractivity contribution is 7.89. The molecular weight excluding hydrogens is 427 g/mol. The Morgan fingerprint density at radius 2 is 1.59 bits per heavy atom.